The lowest BCUT2D eigenvalue weighted by atomic mass is 10.2. The van der Waals surface area contributed by atoms with E-state index in [2.05, 4.69) is 10.1 Å². The van der Waals surface area contributed by atoms with Crippen LogP contribution in [-0.2, 0) is 4.74 Å². The van der Waals surface area contributed by atoms with Crippen molar-refractivity contribution in [3.63, 3.8) is 0 Å². The van der Waals surface area contributed by atoms with Crippen molar-refractivity contribution in [3.8, 4) is 0 Å². The van der Waals surface area contributed by atoms with Crippen LogP contribution in [0.25, 0.3) is 0 Å². The number of rotatable bonds is 3. The smallest absolute Gasteiger partial charge is 0.255 e. The first-order chi connectivity index (χ1) is 7.20. The summed E-state index contributed by atoms with van der Waals surface area (Å²) >= 11 is 6.01. The molecule has 2 heterocycles. The molecule has 3 atom stereocenters. The summed E-state index contributed by atoms with van der Waals surface area (Å²) in [6.07, 6.45) is 3.02. The van der Waals surface area contributed by atoms with Crippen LogP contribution in [0.3, 0.4) is 0 Å². The predicted molar refractivity (Wildman–Crippen MR) is 55.7 cm³/mol. The second-order valence-electron chi connectivity index (χ2n) is 3.88. The molecule has 2 rings (SSSR count). The maximum atomic E-state index is 6.01. The van der Waals surface area contributed by atoms with Crippen molar-refractivity contribution in [1.29, 1.82) is 0 Å². The number of hydrogen-bond acceptors (Lipinski definition) is 4. The Bertz CT molecular complexity index is 329. The standard InChI is InChI=1S/C10H15ClN2O2/c1-3-7(11)9-12-10(15-13-9)8-5-4-6(2)14-8/h6-8H,3-5H2,1-2H3. The lowest BCUT2D eigenvalue weighted by molar-refractivity contribution is 0.0355. The second kappa shape index (κ2) is 4.49. The van der Waals surface area contributed by atoms with Crippen molar-refractivity contribution in [3.05, 3.63) is 11.7 Å². The van der Waals surface area contributed by atoms with Gasteiger partial charge in [0, 0.05) is 0 Å². The minimum Gasteiger partial charge on any atom is -0.365 e. The van der Waals surface area contributed by atoms with Gasteiger partial charge in [-0.2, -0.15) is 4.98 Å². The molecule has 1 aromatic heterocycles. The molecule has 0 radical (unpaired) electrons. The van der Waals surface area contributed by atoms with Crippen molar-refractivity contribution in [1.82, 2.24) is 10.1 Å². The summed E-state index contributed by atoms with van der Waals surface area (Å²) in [5.41, 5.74) is 0. The SMILES string of the molecule is CCC(Cl)c1noc(C2CCC(C)O2)n1. The van der Waals surface area contributed by atoms with Crippen LogP contribution in [0.15, 0.2) is 4.52 Å². The molecule has 3 unspecified atom stereocenters. The first-order valence-electron chi connectivity index (χ1n) is 5.33. The molecule has 1 fully saturated rings. The summed E-state index contributed by atoms with van der Waals surface area (Å²) in [6.45, 7) is 4.04. The quantitative estimate of drug-likeness (QED) is 0.749. The molecule has 4 nitrogen and oxygen atoms in total. The van der Waals surface area contributed by atoms with Gasteiger partial charge in [-0.25, -0.2) is 0 Å². The van der Waals surface area contributed by atoms with E-state index < -0.39 is 0 Å². The Hall–Kier alpha value is -0.610. The molecular formula is C10H15ClN2O2. The molecule has 1 aliphatic heterocycles. The maximum absolute atomic E-state index is 6.01. The first-order valence-corrected chi connectivity index (χ1v) is 5.77. The number of ether oxygens (including phenoxy) is 1. The summed E-state index contributed by atoms with van der Waals surface area (Å²) in [5, 5.41) is 3.69. The highest BCUT2D eigenvalue weighted by Crippen LogP contribution is 2.32. The van der Waals surface area contributed by atoms with Crippen LogP contribution in [0.4, 0.5) is 0 Å². The van der Waals surface area contributed by atoms with Gasteiger partial charge in [0.2, 0.25) is 0 Å². The summed E-state index contributed by atoms with van der Waals surface area (Å²) in [6, 6.07) is 0. The number of halogens is 1. The first kappa shape index (κ1) is 10.9. The van der Waals surface area contributed by atoms with Crippen molar-refractivity contribution < 1.29 is 9.26 Å². The van der Waals surface area contributed by atoms with Gasteiger partial charge >= 0.3 is 0 Å². The van der Waals surface area contributed by atoms with Gasteiger partial charge in [0.1, 0.15) is 6.10 Å². The van der Waals surface area contributed by atoms with Gasteiger partial charge < -0.3 is 9.26 Å². The van der Waals surface area contributed by atoms with Crippen molar-refractivity contribution in [2.75, 3.05) is 0 Å². The van der Waals surface area contributed by atoms with Crippen LogP contribution < -0.4 is 0 Å². The summed E-state index contributed by atoms with van der Waals surface area (Å²) < 4.78 is 10.8. The lowest BCUT2D eigenvalue weighted by Crippen LogP contribution is -2.01. The molecule has 0 N–H and O–H groups in total. The van der Waals surface area contributed by atoms with E-state index in [0.717, 1.165) is 19.3 Å². The van der Waals surface area contributed by atoms with E-state index in [1.165, 1.54) is 0 Å². The topological polar surface area (TPSA) is 48.2 Å². The molecular weight excluding hydrogens is 216 g/mol. The zero-order chi connectivity index (χ0) is 10.8. The lowest BCUT2D eigenvalue weighted by Gasteiger charge is -2.04. The van der Waals surface area contributed by atoms with Gasteiger partial charge in [-0.3, -0.25) is 0 Å². The molecule has 84 valence electrons. The maximum Gasteiger partial charge on any atom is 0.255 e. The fourth-order valence-electron chi connectivity index (χ4n) is 1.67. The van der Waals surface area contributed by atoms with E-state index in [0.29, 0.717) is 11.7 Å². The molecule has 0 aliphatic carbocycles. The number of nitrogens with zero attached hydrogens (tertiary/aromatic N) is 2. The molecule has 0 saturated carbocycles. The predicted octanol–water partition coefficient (Wildman–Crippen LogP) is 3.00. The van der Waals surface area contributed by atoms with Crippen molar-refractivity contribution >= 4 is 11.6 Å². The highest BCUT2D eigenvalue weighted by molar-refractivity contribution is 6.20. The van der Waals surface area contributed by atoms with E-state index in [4.69, 9.17) is 20.9 Å². The molecule has 1 aliphatic rings. The Balaban J connectivity index is 2.07. The molecule has 0 spiro atoms. The molecule has 15 heavy (non-hydrogen) atoms. The number of aromatic nitrogens is 2. The van der Waals surface area contributed by atoms with Gasteiger partial charge in [0.25, 0.3) is 5.89 Å². The average Bonchev–Trinajstić information content (AvgIpc) is 2.84. The van der Waals surface area contributed by atoms with Gasteiger partial charge in [0.05, 0.1) is 11.5 Å². The van der Waals surface area contributed by atoms with Crippen LogP contribution in [0.2, 0.25) is 0 Å². The normalized spacial score (nSPS) is 28.2. The van der Waals surface area contributed by atoms with E-state index in [1.807, 2.05) is 13.8 Å². The molecule has 1 saturated heterocycles. The molecule has 0 bridgehead atoms. The third kappa shape index (κ3) is 2.32. The Labute approximate surface area is 93.9 Å². The fourth-order valence-corrected chi connectivity index (χ4v) is 1.76. The Kier molecular flexibility index (Phi) is 3.26. The Morgan fingerprint density at radius 1 is 1.53 bits per heavy atom. The molecule has 0 amide bonds. The van der Waals surface area contributed by atoms with Crippen LogP contribution in [0.5, 0.6) is 0 Å². The third-order valence-corrected chi connectivity index (χ3v) is 3.11. The van der Waals surface area contributed by atoms with E-state index in [1.54, 1.807) is 0 Å². The average molecular weight is 231 g/mol. The van der Waals surface area contributed by atoms with Crippen molar-refractivity contribution in [2.24, 2.45) is 0 Å². The van der Waals surface area contributed by atoms with Gasteiger partial charge in [-0.15, -0.1) is 11.6 Å². The van der Waals surface area contributed by atoms with Gasteiger partial charge in [-0.05, 0) is 26.2 Å². The minimum atomic E-state index is -0.165. The highest BCUT2D eigenvalue weighted by Gasteiger charge is 2.28. The fraction of sp³-hybridized carbons (Fsp3) is 0.800. The van der Waals surface area contributed by atoms with Gasteiger partial charge in [-0.1, -0.05) is 12.1 Å². The monoisotopic (exact) mass is 230 g/mol. The largest absolute Gasteiger partial charge is 0.365 e. The molecule has 5 heteroatoms. The minimum absolute atomic E-state index is 0.0398. The zero-order valence-corrected chi connectivity index (χ0v) is 9.70. The second-order valence-corrected chi connectivity index (χ2v) is 4.41. The number of alkyl halides is 1. The van der Waals surface area contributed by atoms with E-state index in [9.17, 15) is 0 Å². The van der Waals surface area contributed by atoms with Crippen LogP contribution in [0, 0.1) is 0 Å². The Morgan fingerprint density at radius 2 is 2.33 bits per heavy atom. The van der Waals surface area contributed by atoms with Crippen LogP contribution in [0.1, 0.15) is 56.3 Å². The third-order valence-electron chi connectivity index (χ3n) is 2.60. The van der Waals surface area contributed by atoms with Gasteiger partial charge in [0.15, 0.2) is 5.82 Å². The zero-order valence-electron chi connectivity index (χ0n) is 8.94. The van der Waals surface area contributed by atoms with E-state index >= 15 is 0 Å². The van der Waals surface area contributed by atoms with E-state index in [-0.39, 0.29) is 17.6 Å². The summed E-state index contributed by atoms with van der Waals surface area (Å²) in [5.74, 6) is 1.13. The number of hydrogen-bond donors (Lipinski definition) is 0. The summed E-state index contributed by atoms with van der Waals surface area (Å²) in [7, 11) is 0. The highest BCUT2D eigenvalue weighted by atomic mass is 35.5. The van der Waals surface area contributed by atoms with Crippen LogP contribution in [-0.4, -0.2) is 16.2 Å². The summed E-state index contributed by atoms with van der Waals surface area (Å²) in [4.78, 5) is 4.26. The van der Waals surface area contributed by atoms with Crippen LogP contribution >= 0.6 is 11.6 Å². The van der Waals surface area contributed by atoms with Crippen molar-refractivity contribution in [2.45, 2.75) is 50.7 Å². The molecule has 1 aromatic rings. The molecule has 0 aromatic carbocycles. The Morgan fingerprint density at radius 3 is 2.93 bits per heavy atom.